The molecule has 0 unspecified atom stereocenters. The summed E-state index contributed by atoms with van der Waals surface area (Å²) in [4.78, 5) is 8.28. The highest BCUT2D eigenvalue weighted by Crippen LogP contribution is 2.23. The molecule has 0 heterocycles. The fourth-order valence-electron chi connectivity index (χ4n) is 3.83. The van der Waals surface area contributed by atoms with Gasteiger partial charge >= 0.3 is 0 Å². The highest BCUT2D eigenvalue weighted by atomic mass is 32.1. The van der Waals surface area contributed by atoms with E-state index in [0.717, 1.165) is 29.1 Å². The van der Waals surface area contributed by atoms with E-state index >= 15 is 0 Å². The first kappa shape index (κ1) is 22.4. The SMILES string of the molecule is CC(C)N(CCO/N=C(/c1ccc(CS)cc1)c1cccc2ccccc12)C(C)C. The number of fused-ring (bicyclic) bond motifs is 1. The average Bonchev–Trinajstić information content (AvgIpc) is 2.75. The second-order valence-corrected chi connectivity index (χ2v) is 8.40. The van der Waals surface area contributed by atoms with Crippen LogP contribution in [0.1, 0.15) is 44.4 Å². The number of nitrogens with zero attached hydrogens (tertiary/aromatic N) is 2. The van der Waals surface area contributed by atoms with E-state index in [4.69, 9.17) is 4.84 Å². The van der Waals surface area contributed by atoms with Crippen molar-refractivity contribution in [3.8, 4) is 0 Å². The second kappa shape index (κ2) is 10.6. The van der Waals surface area contributed by atoms with Crippen molar-refractivity contribution in [2.45, 2.75) is 45.5 Å². The first-order chi connectivity index (χ1) is 14.5. The van der Waals surface area contributed by atoms with Crippen LogP contribution in [0.5, 0.6) is 0 Å². The number of benzene rings is 3. The Morgan fingerprint density at radius 2 is 1.57 bits per heavy atom. The number of hydrogen-bond donors (Lipinski definition) is 1. The molecule has 0 saturated carbocycles. The Kier molecular flexibility index (Phi) is 7.94. The summed E-state index contributed by atoms with van der Waals surface area (Å²) in [6.07, 6.45) is 0. The van der Waals surface area contributed by atoms with Gasteiger partial charge < -0.3 is 4.84 Å². The number of rotatable bonds is 9. The minimum Gasteiger partial charge on any atom is -0.394 e. The van der Waals surface area contributed by atoms with E-state index in [-0.39, 0.29) is 0 Å². The molecule has 0 aromatic heterocycles. The molecule has 4 heteroatoms. The predicted molar refractivity (Wildman–Crippen MR) is 132 cm³/mol. The Morgan fingerprint density at radius 1 is 0.900 bits per heavy atom. The third-order valence-electron chi connectivity index (χ3n) is 5.38. The molecule has 0 N–H and O–H groups in total. The van der Waals surface area contributed by atoms with E-state index in [2.05, 4.69) is 117 Å². The van der Waals surface area contributed by atoms with Gasteiger partial charge in [-0.2, -0.15) is 12.6 Å². The van der Waals surface area contributed by atoms with E-state index in [0.29, 0.717) is 18.7 Å². The van der Waals surface area contributed by atoms with Gasteiger partial charge in [0.1, 0.15) is 12.3 Å². The minimum atomic E-state index is 0.476. The van der Waals surface area contributed by atoms with Gasteiger partial charge in [-0.15, -0.1) is 0 Å². The van der Waals surface area contributed by atoms with Crippen molar-refractivity contribution in [1.29, 1.82) is 0 Å². The molecule has 0 aliphatic carbocycles. The first-order valence-corrected chi connectivity index (χ1v) is 11.3. The molecule has 0 saturated heterocycles. The standard InChI is InChI=1S/C26H32N2OS/c1-19(2)28(20(3)4)16-17-29-27-26(23-14-12-21(18-30)13-15-23)25-11-7-9-22-8-5-6-10-24(22)25/h5-15,19-20,30H,16-18H2,1-4H3/b27-26-. The molecule has 3 nitrogen and oxygen atoms in total. The lowest BCUT2D eigenvalue weighted by Crippen LogP contribution is -2.39. The van der Waals surface area contributed by atoms with Crippen molar-refractivity contribution in [1.82, 2.24) is 4.90 Å². The summed E-state index contributed by atoms with van der Waals surface area (Å²) >= 11 is 4.38. The molecule has 0 aliphatic heterocycles. The molecule has 0 fully saturated rings. The van der Waals surface area contributed by atoms with Crippen LogP contribution in [-0.2, 0) is 10.6 Å². The second-order valence-electron chi connectivity index (χ2n) is 8.08. The third-order valence-corrected chi connectivity index (χ3v) is 5.74. The van der Waals surface area contributed by atoms with E-state index in [9.17, 15) is 0 Å². The predicted octanol–water partition coefficient (Wildman–Crippen LogP) is 6.16. The molecule has 3 aromatic rings. The van der Waals surface area contributed by atoms with Crippen LogP contribution in [0.25, 0.3) is 10.8 Å². The van der Waals surface area contributed by atoms with Gasteiger partial charge in [0, 0.05) is 35.5 Å². The lowest BCUT2D eigenvalue weighted by atomic mass is 9.96. The number of thiol groups is 1. The van der Waals surface area contributed by atoms with Gasteiger partial charge in [0.25, 0.3) is 0 Å². The Balaban J connectivity index is 1.92. The molecule has 30 heavy (non-hydrogen) atoms. The Morgan fingerprint density at radius 3 is 2.23 bits per heavy atom. The molecule has 158 valence electrons. The molecular formula is C26H32N2OS. The molecule has 3 aromatic carbocycles. The smallest absolute Gasteiger partial charge is 0.129 e. The fraction of sp³-hybridized carbons (Fsp3) is 0.346. The summed E-state index contributed by atoms with van der Waals surface area (Å²) in [7, 11) is 0. The molecule has 0 spiro atoms. The van der Waals surface area contributed by atoms with Gasteiger partial charge in [-0.25, -0.2) is 0 Å². The zero-order chi connectivity index (χ0) is 21.5. The summed E-state index contributed by atoms with van der Waals surface area (Å²) in [5, 5.41) is 7.00. The van der Waals surface area contributed by atoms with Crippen LogP contribution in [0, 0.1) is 0 Å². The number of hydrogen-bond acceptors (Lipinski definition) is 4. The number of oxime groups is 1. The molecular weight excluding hydrogens is 388 g/mol. The summed E-state index contributed by atoms with van der Waals surface area (Å²) in [5.41, 5.74) is 4.17. The van der Waals surface area contributed by atoms with Crippen LogP contribution in [0.3, 0.4) is 0 Å². The van der Waals surface area contributed by atoms with E-state index in [1.807, 2.05) is 0 Å². The van der Waals surface area contributed by atoms with Crippen molar-refractivity contribution >= 4 is 29.1 Å². The maximum Gasteiger partial charge on any atom is 0.129 e. The van der Waals surface area contributed by atoms with Gasteiger partial charge in [0.05, 0.1) is 0 Å². The maximum atomic E-state index is 5.87. The van der Waals surface area contributed by atoms with E-state index in [1.54, 1.807) is 0 Å². The van der Waals surface area contributed by atoms with E-state index < -0.39 is 0 Å². The fourth-order valence-corrected chi connectivity index (χ4v) is 4.04. The highest BCUT2D eigenvalue weighted by molar-refractivity contribution is 7.79. The summed E-state index contributed by atoms with van der Waals surface area (Å²) < 4.78 is 0. The van der Waals surface area contributed by atoms with Crippen molar-refractivity contribution in [3.63, 3.8) is 0 Å². The average molecular weight is 421 g/mol. The van der Waals surface area contributed by atoms with Crippen LogP contribution < -0.4 is 0 Å². The maximum absolute atomic E-state index is 5.87. The Labute approximate surface area is 186 Å². The van der Waals surface area contributed by atoms with Crippen molar-refractivity contribution in [2.75, 3.05) is 13.2 Å². The van der Waals surface area contributed by atoms with Crippen LogP contribution >= 0.6 is 12.6 Å². The van der Waals surface area contributed by atoms with Gasteiger partial charge in [0.2, 0.25) is 0 Å². The van der Waals surface area contributed by atoms with Crippen LogP contribution in [0.4, 0.5) is 0 Å². The minimum absolute atomic E-state index is 0.476. The molecule has 0 radical (unpaired) electrons. The lowest BCUT2D eigenvalue weighted by Gasteiger charge is -2.29. The molecule has 0 atom stereocenters. The van der Waals surface area contributed by atoms with Crippen molar-refractivity contribution < 1.29 is 4.84 Å². The zero-order valence-electron chi connectivity index (χ0n) is 18.4. The van der Waals surface area contributed by atoms with Gasteiger partial charge in [-0.05, 0) is 44.0 Å². The van der Waals surface area contributed by atoms with Gasteiger partial charge in [-0.3, -0.25) is 4.90 Å². The van der Waals surface area contributed by atoms with Crippen LogP contribution in [0.2, 0.25) is 0 Å². The Bertz CT molecular complexity index is 966. The van der Waals surface area contributed by atoms with Gasteiger partial charge in [-0.1, -0.05) is 71.9 Å². The molecule has 0 bridgehead atoms. The van der Waals surface area contributed by atoms with Crippen LogP contribution in [-0.4, -0.2) is 35.8 Å². The van der Waals surface area contributed by atoms with Gasteiger partial charge in [0.15, 0.2) is 0 Å². The third kappa shape index (κ3) is 5.44. The molecule has 0 aliphatic rings. The normalized spacial score (nSPS) is 12.3. The molecule has 0 amide bonds. The largest absolute Gasteiger partial charge is 0.394 e. The zero-order valence-corrected chi connectivity index (χ0v) is 19.3. The summed E-state index contributed by atoms with van der Waals surface area (Å²) in [6, 6.07) is 24.1. The summed E-state index contributed by atoms with van der Waals surface area (Å²) in [5.74, 6) is 0.720. The topological polar surface area (TPSA) is 24.8 Å². The molecule has 3 rings (SSSR count). The first-order valence-electron chi connectivity index (χ1n) is 10.6. The highest BCUT2D eigenvalue weighted by Gasteiger charge is 2.14. The van der Waals surface area contributed by atoms with Crippen molar-refractivity contribution in [2.24, 2.45) is 5.16 Å². The lowest BCUT2D eigenvalue weighted by molar-refractivity contribution is 0.0830. The van der Waals surface area contributed by atoms with Crippen LogP contribution in [0.15, 0.2) is 71.9 Å². The Hall–Kier alpha value is -2.30. The summed E-state index contributed by atoms with van der Waals surface area (Å²) in [6.45, 7) is 10.3. The quantitative estimate of drug-likeness (QED) is 0.194. The van der Waals surface area contributed by atoms with E-state index in [1.165, 1.54) is 16.3 Å². The van der Waals surface area contributed by atoms with Crippen molar-refractivity contribution in [3.05, 3.63) is 83.4 Å². The monoisotopic (exact) mass is 420 g/mol.